The van der Waals surface area contributed by atoms with Gasteiger partial charge in [-0.2, -0.15) is 0 Å². The molecule has 4 nitrogen and oxygen atoms in total. The monoisotopic (exact) mass is 316 g/mol. The van der Waals surface area contributed by atoms with Crippen LogP contribution in [0.15, 0.2) is 28.7 Å². The van der Waals surface area contributed by atoms with Crippen molar-refractivity contribution in [1.82, 2.24) is 0 Å². The number of carboxylic acids is 1. The van der Waals surface area contributed by atoms with E-state index in [9.17, 15) is 4.79 Å². The molecule has 0 aromatic heterocycles. The number of benzene rings is 1. The number of ether oxygens (including phenoxy) is 1. The summed E-state index contributed by atoms with van der Waals surface area (Å²) in [5, 5.41) is 17.7. The van der Waals surface area contributed by atoms with Crippen LogP contribution in [0, 0.1) is 5.92 Å². The number of aliphatic carboxylic acids is 1. The van der Waals surface area contributed by atoms with Crippen LogP contribution in [0.4, 0.5) is 0 Å². The van der Waals surface area contributed by atoms with E-state index >= 15 is 0 Å². The lowest BCUT2D eigenvalue weighted by Crippen LogP contribution is -2.19. The van der Waals surface area contributed by atoms with Crippen LogP contribution >= 0.6 is 15.9 Å². The highest BCUT2D eigenvalue weighted by Crippen LogP contribution is 2.16. The lowest BCUT2D eigenvalue weighted by molar-refractivity contribution is -0.142. The average molecular weight is 317 g/mol. The second-order valence-corrected chi connectivity index (χ2v) is 4.91. The highest BCUT2D eigenvalue weighted by Gasteiger charge is 2.17. The molecule has 1 rings (SSSR count). The van der Waals surface area contributed by atoms with Gasteiger partial charge in [-0.15, -0.1) is 0 Å². The van der Waals surface area contributed by atoms with E-state index in [2.05, 4.69) is 15.9 Å². The summed E-state index contributed by atoms with van der Waals surface area (Å²) in [5.41, 5.74) is 0.993. The first-order valence-corrected chi connectivity index (χ1v) is 6.58. The first-order chi connectivity index (χ1) is 8.63. The van der Waals surface area contributed by atoms with Gasteiger partial charge in [0.25, 0.3) is 0 Å². The van der Waals surface area contributed by atoms with E-state index < -0.39 is 11.9 Å². The molecule has 0 saturated carbocycles. The SMILES string of the molecule is O=C(O)C(CCOCCO)Cc1ccc(Br)cc1. The predicted octanol–water partition coefficient (Wildman–Crippen LogP) is 2.09. The van der Waals surface area contributed by atoms with Crippen molar-refractivity contribution in [1.29, 1.82) is 0 Å². The van der Waals surface area contributed by atoms with Crippen molar-refractivity contribution >= 4 is 21.9 Å². The van der Waals surface area contributed by atoms with Crippen LogP contribution in [0.25, 0.3) is 0 Å². The van der Waals surface area contributed by atoms with Crippen LogP contribution < -0.4 is 0 Å². The minimum absolute atomic E-state index is 0.0373. The first kappa shape index (κ1) is 15.1. The molecule has 5 heteroatoms. The molecule has 1 atom stereocenters. The van der Waals surface area contributed by atoms with E-state index in [0.717, 1.165) is 10.0 Å². The Hall–Kier alpha value is -0.910. The average Bonchev–Trinajstić information content (AvgIpc) is 2.35. The Bertz CT molecular complexity index is 364. The highest BCUT2D eigenvalue weighted by molar-refractivity contribution is 9.10. The summed E-state index contributed by atoms with van der Waals surface area (Å²) in [6, 6.07) is 7.62. The molecule has 100 valence electrons. The molecule has 18 heavy (non-hydrogen) atoms. The standard InChI is InChI=1S/C13H17BrO4/c14-12-3-1-10(2-4-12)9-11(13(16)17)5-7-18-8-6-15/h1-4,11,15H,5-9H2,(H,16,17). The van der Waals surface area contributed by atoms with Crippen molar-refractivity contribution in [2.45, 2.75) is 12.8 Å². The lowest BCUT2D eigenvalue weighted by atomic mass is 9.97. The van der Waals surface area contributed by atoms with Crippen LogP contribution in [-0.4, -0.2) is 36.0 Å². The van der Waals surface area contributed by atoms with E-state index in [1.165, 1.54) is 0 Å². The Morgan fingerprint density at radius 2 is 1.94 bits per heavy atom. The minimum Gasteiger partial charge on any atom is -0.481 e. The molecule has 1 aromatic rings. The molecule has 1 unspecified atom stereocenters. The highest BCUT2D eigenvalue weighted by atomic mass is 79.9. The molecule has 0 aliphatic rings. The maximum atomic E-state index is 11.1. The topological polar surface area (TPSA) is 66.8 Å². The second kappa shape index (κ2) is 8.24. The zero-order valence-corrected chi connectivity index (χ0v) is 11.6. The van der Waals surface area contributed by atoms with Crippen LogP contribution in [0.2, 0.25) is 0 Å². The number of halogens is 1. The molecule has 0 bridgehead atoms. The first-order valence-electron chi connectivity index (χ1n) is 5.79. The Labute approximate surface area is 115 Å². The Morgan fingerprint density at radius 1 is 1.28 bits per heavy atom. The number of aliphatic hydroxyl groups is 1. The largest absolute Gasteiger partial charge is 0.481 e. The van der Waals surface area contributed by atoms with Crippen molar-refractivity contribution in [2.24, 2.45) is 5.92 Å². The number of aliphatic hydroxyl groups excluding tert-OH is 1. The summed E-state index contributed by atoms with van der Waals surface area (Å²) in [4.78, 5) is 11.1. The molecule has 0 spiro atoms. The van der Waals surface area contributed by atoms with Gasteiger partial charge in [0.1, 0.15) is 0 Å². The Kier molecular flexibility index (Phi) is 6.93. The van der Waals surface area contributed by atoms with Gasteiger partial charge in [0.2, 0.25) is 0 Å². The van der Waals surface area contributed by atoms with Gasteiger partial charge in [-0.1, -0.05) is 28.1 Å². The Morgan fingerprint density at radius 3 is 2.50 bits per heavy atom. The fraction of sp³-hybridized carbons (Fsp3) is 0.462. The summed E-state index contributed by atoms with van der Waals surface area (Å²) in [6.45, 7) is 0.573. The molecular formula is C13H17BrO4. The van der Waals surface area contributed by atoms with Gasteiger partial charge in [-0.05, 0) is 30.5 Å². The van der Waals surface area contributed by atoms with Crippen molar-refractivity contribution in [2.75, 3.05) is 19.8 Å². The third kappa shape index (κ3) is 5.62. The fourth-order valence-electron chi connectivity index (χ4n) is 1.61. The molecule has 0 heterocycles. The van der Waals surface area contributed by atoms with Crippen LogP contribution in [0.5, 0.6) is 0 Å². The van der Waals surface area contributed by atoms with Gasteiger partial charge in [0.15, 0.2) is 0 Å². The zero-order valence-electron chi connectivity index (χ0n) is 10.0. The molecule has 0 radical (unpaired) electrons. The van der Waals surface area contributed by atoms with Crippen molar-refractivity contribution in [3.05, 3.63) is 34.3 Å². The number of rotatable bonds is 8. The minimum atomic E-state index is -0.814. The molecule has 1 aromatic carbocycles. The zero-order chi connectivity index (χ0) is 13.4. The summed E-state index contributed by atoms with van der Waals surface area (Å²) < 4.78 is 6.08. The van der Waals surface area contributed by atoms with E-state index in [4.69, 9.17) is 14.9 Å². The fourth-order valence-corrected chi connectivity index (χ4v) is 1.87. The van der Waals surface area contributed by atoms with Gasteiger partial charge >= 0.3 is 5.97 Å². The Balaban J connectivity index is 2.47. The van der Waals surface area contributed by atoms with E-state index in [1.807, 2.05) is 24.3 Å². The summed E-state index contributed by atoms with van der Waals surface area (Å²) in [6.07, 6.45) is 0.941. The van der Waals surface area contributed by atoms with E-state index in [1.54, 1.807) is 0 Å². The number of hydrogen-bond donors (Lipinski definition) is 2. The third-order valence-electron chi connectivity index (χ3n) is 2.59. The number of hydrogen-bond acceptors (Lipinski definition) is 3. The van der Waals surface area contributed by atoms with Gasteiger partial charge in [-0.3, -0.25) is 4.79 Å². The number of carboxylic acid groups (broad SMARTS) is 1. The lowest BCUT2D eigenvalue weighted by Gasteiger charge is -2.12. The van der Waals surface area contributed by atoms with Gasteiger partial charge < -0.3 is 14.9 Å². The van der Waals surface area contributed by atoms with Gasteiger partial charge in [0.05, 0.1) is 19.1 Å². The van der Waals surface area contributed by atoms with E-state index in [-0.39, 0.29) is 13.2 Å². The van der Waals surface area contributed by atoms with Crippen molar-refractivity contribution in [3.63, 3.8) is 0 Å². The third-order valence-corrected chi connectivity index (χ3v) is 3.12. The van der Waals surface area contributed by atoms with Crippen molar-refractivity contribution < 1.29 is 19.7 Å². The maximum Gasteiger partial charge on any atom is 0.306 e. The summed E-state index contributed by atoms with van der Waals surface area (Å²) in [5.74, 6) is -1.27. The van der Waals surface area contributed by atoms with E-state index in [0.29, 0.717) is 19.4 Å². The predicted molar refractivity (Wildman–Crippen MR) is 71.5 cm³/mol. The second-order valence-electron chi connectivity index (χ2n) is 3.99. The number of carbonyl (C=O) groups is 1. The molecule has 0 aliphatic carbocycles. The summed E-state index contributed by atoms with van der Waals surface area (Å²) >= 11 is 3.34. The van der Waals surface area contributed by atoms with Gasteiger partial charge in [0, 0.05) is 11.1 Å². The normalized spacial score (nSPS) is 12.3. The van der Waals surface area contributed by atoms with Crippen LogP contribution in [-0.2, 0) is 16.0 Å². The molecule has 2 N–H and O–H groups in total. The summed E-state index contributed by atoms with van der Waals surface area (Å²) in [7, 11) is 0. The molecular weight excluding hydrogens is 300 g/mol. The molecule has 0 saturated heterocycles. The quantitative estimate of drug-likeness (QED) is 0.721. The van der Waals surface area contributed by atoms with Crippen molar-refractivity contribution in [3.8, 4) is 0 Å². The van der Waals surface area contributed by atoms with Gasteiger partial charge in [-0.25, -0.2) is 0 Å². The maximum absolute atomic E-state index is 11.1. The smallest absolute Gasteiger partial charge is 0.306 e. The molecule has 0 aliphatic heterocycles. The molecule has 0 amide bonds. The molecule has 0 fully saturated rings. The van der Waals surface area contributed by atoms with Crippen LogP contribution in [0.1, 0.15) is 12.0 Å². The van der Waals surface area contributed by atoms with Crippen LogP contribution in [0.3, 0.4) is 0 Å².